The topological polar surface area (TPSA) is 271 Å². The molecule has 10 rings (SSSR count). The predicted octanol–water partition coefficient (Wildman–Crippen LogP) is 13.7. The summed E-state index contributed by atoms with van der Waals surface area (Å²) >= 11 is 31.0. The Morgan fingerprint density at radius 2 is 1.00 bits per heavy atom. The van der Waals surface area contributed by atoms with E-state index in [2.05, 4.69) is 69.6 Å². The predicted molar refractivity (Wildman–Crippen MR) is 340 cm³/mol. The SMILES string of the molecule is C=CC(=O)Cl.C=CC(=O)Nc1cc(OC2CCOC2)ccc1Nc1cc(-c2cccnc2Nc2c(Cl)c(OC)cc(OC)c2Cl)ncn1.COc1cc(OC)c(Cl)c(Nc2ncccc2-c2cc(Nc3ccc(OC4CCOC4)cc3N)ncn2)c1Cl. The van der Waals surface area contributed by atoms with Crippen LogP contribution in [0.2, 0.25) is 20.1 Å². The van der Waals surface area contributed by atoms with Crippen molar-refractivity contribution in [1.29, 1.82) is 0 Å². The summed E-state index contributed by atoms with van der Waals surface area (Å²) in [6, 6.07) is 24.9. The van der Waals surface area contributed by atoms with E-state index in [4.69, 9.17) is 102 Å². The van der Waals surface area contributed by atoms with Crippen LogP contribution in [0.4, 0.5) is 57.4 Å². The molecule has 0 aliphatic carbocycles. The number of benzene rings is 4. The molecule has 2 unspecified atom stereocenters. The lowest BCUT2D eigenvalue weighted by atomic mass is 10.1. The molecule has 2 aliphatic rings. The van der Waals surface area contributed by atoms with Crippen molar-refractivity contribution in [3.05, 3.63) is 155 Å². The number of nitrogens with two attached hydrogens (primary N) is 1. The molecule has 0 radical (unpaired) electrons. The number of allylic oxidation sites excluding steroid dienone is 1. The molecule has 2 aliphatic heterocycles. The molecular formula is C60H57Cl5N12O10. The van der Waals surface area contributed by atoms with E-state index in [0.717, 1.165) is 18.9 Å². The minimum Gasteiger partial charge on any atom is -0.495 e. The van der Waals surface area contributed by atoms with E-state index >= 15 is 0 Å². The molecule has 6 heterocycles. The highest BCUT2D eigenvalue weighted by molar-refractivity contribution is 6.66. The third kappa shape index (κ3) is 16.8. The fourth-order valence-electron chi connectivity index (χ4n) is 8.39. The van der Waals surface area contributed by atoms with Gasteiger partial charge in [0.15, 0.2) is 0 Å². The molecule has 1 amide bonds. The number of amides is 1. The van der Waals surface area contributed by atoms with Gasteiger partial charge in [0.2, 0.25) is 11.1 Å². The van der Waals surface area contributed by atoms with Crippen molar-refractivity contribution in [2.75, 3.05) is 87.2 Å². The van der Waals surface area contributed by atoms with Crippen LogP contribution in [0.15, 0.2) is 135 Å². The first-order valence-corrected chi connectivity index (χ1v) is 28.1. The van der Waals surface area contributed by atoms with Gasteiger partial charge in [-0.15, -0.1) is 0 Å². The second kappa shape index (κ2) is 31.0. The molecule has 0 saturated carbocycles. The number of anilines is 10. The second-order valence-corrected chi connectivity index (χ2v) is 20.2. The van der Waals surface area contributed by atoms with Gasteiger partial charge in [0, 0.05) is 72.8 Å². The largest absolute Gasteiger partial charge is 0.495 e. The fraction of sp³-hybridized carbons (Fsp3) is 0.200. The number of nitrogens with zero attached hydrogens (tertiary/aromatic N) is 6. The van der Waals surface area contributed by atoms with Gasteiger partial charge in [-0.3, -0.25) is 9.59 Å². The fourth-order valence-corrected chi connectivity index (χ4v) is 9.58. The standard InChI is InChI=1S/C30H28Cl2N6O5.C27H26Cl2N6O4.C3H3ClO/c1-4-26(39)37-22-12-17(43-18-9-11-42-15-18)7-8-20(22)36-25-13-21(34-16-35-25)19-6-5-10-33-30(19)38-29-27(31)23(40-2)14-24(41-3)28(29)32;1-36-21-12-22(37-2)25(29)26(24(21)28)35-27-17(4-3-8-31-27)20-11-23(33-14-32-20)34-19-6-5-15(10-18(19)30)39-16-7-9-38-13-16;1-2-3(4)5/h4-8,10,12-14,16,18H,1,9,11,15H2,2-3H3,(H,33,38)(H,37,39)(H,34,35,36);3-6,8,10-12,14,16H,7,9,13,30H2,1-2H3,(H,31,35)(H,32,33,34);2H,1H2. The molecule has 2 saturated heterocycles. The van der Waals surface area contributed by atoms with E-state index in [9.17, 15) is 9.59 Å². The molecule has 2 atom stereocenters. The molecule has 8 aromatic rings. The number of pyridine rings is 2. The average Bonchev–Trinajstić information content (AvgIpc) is 2.50. The van der Waals surface area contributed by atoms with Gasteiger partial charge in [-0.05, 0) is 72.3 Å². The molecule has 4 aromatic carbocycles. The lowest BCUT2D eigenvalue weighted by Gasteiger charge is -2.18. The van der Waals surface area contributed by atoms with E-state index in [1.54, 1.807) is 67.0 Å². The van der Waals surface area contributed by atoms with Gasteiger partial charge in [-0.2, -0.15) is 0 Å². The summed E-state index contributed by atoms with van der Waals surface area (Å²) in [7, 11) is 6.02. The number of carbonyl (C=O) groups is 2. The van der Waals surface area contributed by atoms with Gasteiger partial charge in [0.05, 0.1) is 100 Å². The number of halogens is 5. The normalized spacial score (nSPS) is 13.9. The van der Waals surface area contributed by atoms with Gasteiger partial charge in [0.25, 0.3) is 0 Å². The molecule has 4 aromatic heterocycles. The van der Waals surface area contributed by atoms with Crippen LogP contribution in [0, 0.1) is 0 Å². The average molecular weight is 1280 g/mol. The summed E-state index contributed by atoms with van der Waals surface area (Å²) in [6.07, 6.45) is 10.0. The van der Waals surface area contributed by atoms with E-state index in [1.807, 2.05) is 30.3 Å². The summed E-state index contributed by atoms with van der Waals surface area (Å²) in [5.74, 6) is 4.38. The number of methoxy groups -OCH3 is 4. The Hall–Kier alpha value is -8.87. The van der Waals surface area contributed by atoms with E-state index in [1.165, 1.54) is 47.2 Å². The highest BCUT2D eigenvalue weighted by Gasteiger charge is 2.24. The Bertz CT molecular complexity index is 3710. The monoisotopic (exact) mass is 1280 g/mol. The lowest BCUT2D eigenvalue weighted by molar-refractivity contribution is -0.112. The summed E-state index contributed by atoms with van der Waals surface area (Å²) in [6.45, 7) is 9.09. The third-order valence-electron chi connectivity index (χ3n) is 12.7. The maximum atomic E-state index is 12.2. The minimum absolute atomic E-state index is 0.0396. The van der Waals surface area contributed by atoms with Crippen molar-refractivity contribution in [2.24, 2.45) is 0 Å². The number of rotatable bonds is 21. The molecule has 22 nitrogen and oxygen atoms in total. The van der Waals surface area contributed by atoms with Crippen LogP contribution in [0.25, 0.3) is 22.5 Å². The molecule has 2 fully saturated rings. The molecule has 452 valence electrons. The number of ether oxygens (including phenoxy) is 8. The van der Waals surface area contributed by atoms with E-state index < -0.39 is 5.24 Å². The van der Waals surface area contributed by atoms with Crippen LogP contribution in [0.5, 0.6) is 34.5 Å². The molecule has 7 N–H and O–H groups in total. The number of carbonyl (C=O) groups excluding carboxylic acids is 2. The van der Waals surface area contributed by atoms with Crippen molar-refractivity contribution in [1.82, 2.24) is 29.9 Å². The summed E-state index contributed by atoms with van der Waals surface area (Å²) < 4.78 is 44.2. The number of nitrogens with one attached hydrogen (secondary N) is 5. The van der Waals surface area contributed by atoms with Crippen LogP contribution in [0.3, 0.4) is 0 Å². The first-order valence-electron chi connectivity index (χ1n) is 26.2. The van der Waals surface area contributed by atoms with Gasteiger partial charge in [-0.25, -0.2) is 29.9 Å². The molecule has 27 heteroatoms. The van der Waals surface area contributed by atoms with Gasteiger partial charge in [0.1, 0.15) is 103 Å². The highest BCUT2D eigenvalue weighted by Crippen LogP contribution is 2.48. The maximum Gasteiger partial charge on any atom is 0.247 e. The third-order valence-corrected chi connectivity index (χ3v) is 14.3. The number of aromatic nitrogens is 6. The highest BCUT2D eigenvalue weighted by atomic mass is 35.5. The smallest absolute Gasteiger partial charge is 0.247 e. The lowest BCUT2D eigenvalue weighted by Crippen LogP contribution is -2.16. The van der Waals surface area contributed by atoms with Gasteiger partial charge < -0.3 is 70.2 Å². The van der Waals surface area contributed by atoms with Crippen molar-refractivity contribution in [3.8, 4) is 57.0 Å². The van der Waals surface area contributed by atoms with Crippen LogP contribution in [0.1, 0.15) is 12.8 Å². The first kappa shape index (κ1) is 64.1. The Morgan fingerprint density at radius 1 is 0.563 bits per heavy atom. The molecule has 0 spiro atoms. The summed E-state index contributed by atoms with van der Waals surface area (Å²) in [4.78, 5) is 48.3. The van der Waals surface area contributed by atoms with Crippen LogP contribution in [-0.4, -0.2) is 108 Å². The number of hydrogen-bond donors (Lipinski definition) is 6. The van der Waals surface area contributed by atoms with Crippen LogP contribution >= 0.6 is 58.0 Å². The summed E-state index contributed by atoms with van der Waals surface area (Å²) in [5.41, 5.74) is 11.8. The Labute approximate surface area is 525 Å². The second-order valence-electron chi connectivity index (χ2n) is 18.3. The quantitative estimate of drug-likeness (QED) is 0.0222. The Balaban J connectivity index is 0.000000210. The van der Waals surface area contributed by atoms with Crippen LogP contribution in [-0.2, 0) is 19.1 Å². The van der Waals surface area contributed by atoms with E-state index in [-0.39, 0.29) is 38.2 Å². The zero-order valence-electron chi connectivity index (χ0n) is 47.1. The van der Waals surface area contributed by atoms with Gasteiger partial charge in [-0.1, -0.05) is 59.6 Å². The summed E-state index contributed by atoms with van der Waals surface area (Å²) in [5, 5.41) is 16.3. The van der Waals surface area contributed by atoms with Crippen molar-refractivity contribution < 1.29 is 47.5 Å². The molecule has 87 heavy (non-hydrogen) atoms. The van der Waals surface area contributed by atoms with Crippen LogP contribution < -0.4 is 60.7 Å². The van der Waals surface area contributed by atoms with Crippen molar-refractivity contribution in [2.45, 2.75) is 25.0 Å². The minimum atomic E-state index is -0.509. The number of hydrogen-bond acceptors (Lipinski definition) is 21. The zero-order chi connectivity index (χ0) is 62.0. The molecule has 0 bridgehead atoms. The van der Waals surface area contributed by atoms with Crippen molar-refractivity contribution >= 4 is 127 Å². The Morgan fingerprint density at radius 3 is 1.40 bits per heavy atom. The Kier molecular flexibility index (Phi) is 22.8. The zero-order valence-corrected chi connectivity index (χ0v) is 50.9. The van der Waals surface area contributed by atoms with Crippen molar-refractivity contribution in [3.63, 3.8) is 0 Å². The number of nitrogen functional groups attached to an aromatic ring is 1. The van der Waals surface area contributed by atoms with Gasteiger partial charge >= 0.3 is 0 Å². The molecular weight excluding hydrogens is 1230 g/mol. The van der Waals surface area contributed by atoms with E-state index in [0.29, 0.717) is 141 Å². The first-order chi connectivity index (χ1) is 42.1. The maximum absolute atomic E-state index is 12.2.